The Balaban J connectivity index is 4.47. The molecule has 25 heteroatoms. The molecule has 13 atom stereocenters. The molecule has 0 unspecified atom stereocenters. The Morgan fingerprint density at radius 3 is 1.42 bits per heavy atom. The fraction of sp³-hybridized carbons (Fsp3) is 0.797. The number of likely N-dealkylation sites (N-methyl/N-ethyl adjacent to an activating group) is 7. The predicted molar refractivity (Wildman–Crippen MR) is 341 cm³/mol. The molecule has 510 valence electrons. The highest BCUT2D eigenvalue weighted by Gasteiger charge is 2.46. The van der Waals surface area contributed by atoms with E-state index in [1.54, 1.807) is 60.6 Å². The predicted octanol–water partition coefficient (Wildman–Crippen LogP) is 2.13. The van der Waals surface area contributed by atoms with E-state index in [0.717, 1.165) is 19.6 Å². The van der Waals surface area contributed by atoms with Crippen LogP contribution in [0.3, 0.4) is 0 Å². The van der Waals surface area contributed by atoms with Crippen molar-refractivity contribution in [2.75, 3.05) is 55.9 Å². The Morgan fingerprint density at radius 2 is 0.944 bits per heavy atom. The molecular weight excluding hydrogens is 1150 g/mol. The first-order valence-corrected chi connectivity index (χ1v) is 31.7. The van der Waals surface area contributed by atoms with Crippen LogP contribution in [-0.4, -0.2) is 249 Å². The molecule has 0 radical (unpaired) electrons. The number of allylic oxidation sites excluding steroid dienone is 2. The zero-order valence-electron chi connectivity index (χ0n) is 58.2. The van der Waals surface area contributed by atoms with Crippen molar-refractivity contribution in [3.05, 3.63) is 12.2 Å². The molecular formula is C64H115N11O14. The summed E-state index contributed by atoms with van der Waals surface area (Å²) in [6, 6.07) is -15.1. The van der Waals surface area contributed by atoms with Gasteiger partial charge in [0.2, 0.25) is 65.0 Å². The lowest BCUT2D eigenvalue weighted by Gasteiger charge is -2.41. The fourth-order valence-corrected chi connectivity index (χ4v) is 11.1. The lowest BCUT2D eigenvalue weighted by atomic mass is 9.91. The molecule has 7 N–H and O–H groups in total. The summed E-state index contributed by atoms with van der Waals surface area (Å²) in [6.07, 6.45) is 2.56. The van der Waals surface area contributed by atoms with Crippen LogP contribution in [0.25, 0.3) is 0 Å². The van der Waals surface area contributed by atoms with Crippen LogP contribution in [0.4, 0.5) is 0 Å². The molecule has 89 heavy (non-hydrogen) atoms. The van der Waals surface area contributed by atoms with Crippen molar-refractivity contribution in [3.8, 4) is 0 Å². The van der Waals surface area contributed by atoms with Crippen LogP contribution in [0.15, 0.2) is 12.2 Å². The minimum atomic E-state index is -1.70. The number of aliphatic hydroxyl groups excluding tert-OH is 2. The van der Waals surface area contributed by atoms with Crippen LogP contribution >= 0.6 is 0 Å². The number of aliphatic hydroxyl groups is 3. The lowest BCUT2D eigenvalue weighted by molar-refractivity contribution is -0.157. The largest absolute Gasteiger partial charge is 0.394 e. The Bertz CT molecular complexity index is 2450. The molecule has 25 nitrogen and oxygen atoms in total. The van der Waals surface area contributed by atoms with Gasteiger partial charge in [-0.25, -0.2) is 0 Å². The number of nitrogens with one attached hydrogen (secondary N) is 4. The normalized spacial score (nSPS) is 27.2. The van der Waals surface area contributed by atoms with Crippen LogP contribution in [0, 0.1) is 35.5 Å². The zero-order chi connectivity index (χ0) is 69.2. The molecule has 1 saturated heterocycles. The fourth-order valence-electron chi connectivity index (χ4n) is 11.1. The second-order valence-corrected chi connectivity index (χ2v) is 27.2. The number of carbonyl (C=O) groups excluding carboxylic acids is 11. The molecule has 11 amide bonds. The third-order valence-corrected chi connectivity index (χ3v) is 16.9. The first-order chi connectivity index (χ1) is 41.0. The van der Waals surface area contributed by atoms with E-state index >= 15 is 14.4 Å². The lowest BCUT2D eigenvalue weighted by Crippen LogP contribution is -2.64. The molecule has 0 aliphatic carbocycles. The van der Waals surface area contributed by atoms with Crippen LogP contribution in [-0.2, 0) is 52.7 Å². The maximum atomic E-state index is 15.2. The summed E-state index contributed by atoms with van der Waals surface area (Å²) in [5.74, 6) is -10.8. The van der Waals surface area contributed by atoms with Gasteiger partial charge >= 0.3 is 0 Å². The smallest absolute Gasteiger partial charge is 0.248 e. The van der Waals surface area contributed by atoms with E-state index in [9.17, 15) is 53.7 Å². The van der Waals surface area contributed by atoms with Gasteiger partial charge in [0.05, 0.1) is 18.3 Å². The highest BCUT2D eigenvalue weighted by molar-refractivity contribution is 6.00. The third kappa shape index (κ3) is 22.6. The number of nitrogens with zero attached hydrogens (tertiary/aromatic N) is 7. The first kappa shape index (κ1) is 80.8. The Morgan fingerprint density at radius 1 is 0.494 bits per heavy atom. The topological polar surface area (TPSA) is 319 Å². The van der Waals surface area contributed by atoms with E-state index in [1.807, 2.05) is 41.5 Å². The Labute approximate surface area is 531 Å². The molecule has 0 aromatic carbocycles. The van der Waals surface area contributed by atoms with E-state index in [4.69, 9.17) is 0 Å². The first-order valence-electron chi connectivity index (χ1n) is 31.7. The molecule has 1 fully saturated rings. The molecule has 0 aromatic rings. The van der Waals surface area contributed by atoms with E-state index in [0.29, 0.717) is 6.42 Å². The average molecular weight is 1260 g/mol. The Kier molecular flexibility index (Phi) is 32.7. The van der Waals surface area contributed by atoms with Gasteiger partial charge < -0.3 is 70.9 Å². The van der Waals surface area contributed by atoms with E-state index in [-0.39, 0.29) is 49.9 Å². The van der Waals surface area contributed by atoms with Crippen LogP contribution in [0.2, 0.25) is 0 Å². The maximum Gasteiger partial charge on any atom is 0.248 e. The molecule has 1 aliphatic heterocycles. The van der Waals surface area contributed by atoms with Gasteiger partial charge in [-0.15, -0.1) is 0 Å². The number of carbonyl (C=O) groups is 11. The number of rotatable bonds is 17. The highest BCUT2D eigenvalue weighted by atomic mass is 16.3. The molecule has 1 heterocycles. The second kappa shape index (κ2) is 36.0. The quantitative estimate of drug-likeness (QED) is 0.103. The average Bonchev–Trinajstić information content (AvgIpc) is 1.69. The third-order valence-electron chi connectivity index (χ3n) is 16.9. The van der Waals surface area contributed by atoms with E-state index < -0.39 is 174 Å². The Hall–Kier alpha value is -6.21. The van der Waals surface area contributed by atoms with Crippen molar-refractivity contribution in [1.82, 2.24) is 55.6 Å². The molecule has 1 rings (SSSR count). The molecule has 0 aromatic heterocycles. The summed E-state index contributed by atoms with van der Waals surface area (Å²) in [4.78, 5) is 169. The molecule has 0 bridgehead atoms. The van der Waals surface area contributed by atoms with Gasteiger partial charge in [0.15, 0.2) is 0 Å². The van der Waals surface area contributed by atoms with Crippen molar-refractivity contribution in [2.45, 2.75) is 241 Å². The zero-order valence-corrected chi connectivity index (χ0v) is 58.2. The standard InChI is InChI=1S/C64H115N11O14/c1-25-27-28-40(13)52(77)51-56(81)67-43(26-2)58(83)73(22)48(34-76)61(86)72(21)47(33-64(16,17)89)55(80)68-49(38(9)10)62(87)70(19)45(31-36(5)6)54(79)65-41(14)53(78)66-42(15)57(82)71(20)46(32-37(7)8)60(85)69(18)44(30-29-35(3)4)59(84)74(23)50(39(11)12)63(88)75(51)24/h25,27,35-52,76-77,89H,26,28-34H2,1-24H3,(H,65,79)(H,66,78)(H,67,81)(H,68,80)/b27-25+/t40-,41-,42+,43+,44+,45-,46+,47+,48-,49-,50+,51+,52-/m1/s1. The van der Waals surface area contributed by atoms with Crippen molar-refractivity contribution in [1.29, 1.82) is 0 Å². The highest BCUT2D eigenvalue weighted by Crippen LogP contribution is 2.26. The van der Waals surface area contributed by atoms with E-state index in [1.165, 1.54) is 91.7 Å². The number of amides is 11. The summed E-state index contributed by atoms with van der Waals surface area (Å²) in [7, 11) is 9.43. The summed E-state index contributed by atoms with van der Waals surface area (Å²) in [5, 5.41) is 45.0. The molecule has 1 aliphatic rings. The van der Waals surface area contributed by atoms with Gasteiger partial charge in [-0.2, -0.15) is 0 Å². The van der Waals surface area contributed by atoms with Gasteiger partial charge in [-0.3, -0.25) is 52.7 Å². The van der Waals surface area contributed by atoms with Crippen molar-refractivity contribution < 1.29 is 68.1 Å². The summed E-state index contributed by atoms with van der Waals surface area (Å²) < 4.78 is 0. The van der Waals surface area contributed by atoms with Crippen LogP contribution < -0.4 is 21.3 Å². The second-order valence-electron chi connectivity index (χ2n) is 27.2. The van der Waals surface area contributed by atoms with Gasteiger partial charge in [0, 0.05) is 55.8 Å². The monoisotopic (exact) mass is 1260 g/mol. The maximum absolute atomic E-state index is 15.2. The van der Waals surface area contributed by atoms with Gasteiger partial charge in [0.1, 0.15) is 66.5 Å². The minimum Gasteiger partial charge on any atom is -0.394 e. The summed E-state index contributed by atoms with van der Waals surface area (Å²) in [6.45, 7) is 27.6. The number of hydrogen-bond acceptors (Lipinski definition) is 14. The summed E-state index contributed by atoms with van der Waals surface area (Å²) in [5.41, 5.74) is -1.63. The summed E-state index contributed by atoms with van der Waals surface area (Å²) >= 11 is 0. The van der Waals surface area contributed by atoms with Crippen molar-refractivity contribution in [3.63, 3.8) is 0 Å². The minimum absolute atomic E-state index is 0.0531. The van der Waals surface area contributed by atoms with Crippen LogP contribution in [0.1, 0.15) is 163 Å². The van der Waals surface area contributed by atoms with Gasteiger partial charge in [-0.05, 0) is 109 Å². The molecule has 0 saturated carbocycles. The van der Waals surface area contributed by atoms with Crippen molar-refractivity contribution in [2.24, 2.45) is 35.5 Å². The molecule has 0 spiro atoms. The van der Waals surface area contributed by atoms with Crippen molar-refractivity contribution >= 4 is 65.0 Å². The van der Waals surface area contributed by atoms with Gasteiger partial charge in [-0.1, -0.05) is 95.2 Å². The number of hydrogen-bond donors (Lipinski definition) is 7. The van der Waals surface area contributed by atoms with Gasteiger partial charge in [0.25, 0.3) is 0 Å². The SMILES string of the molecule is C/C=C/C[C@@H](C)[C@@H](O)[C@H]1C(=O)N[C@@H](CC)C(=O)N(C)[C@H](CO)C(=O)N(C)[C@@H](CC(C)(C)O)C(=O)N[C@H](C(C)C)C(=O)N(C)[C@H](CC(C)C)C(=O)N[C@H](C)C(=O)N[C@@H](C)C(=O)N(C)[C@@H](CC(C)C)C(=O)N(C)[C@@H](CCC(C)C)C(=O)N(C)[C@@H](C(C)C)C(=O)N1C. The van der Waals surface area contributed by atoms with E-state index in [2.05, 4.69) is 21.3 Å². The van der Waals surface area contributed by atoms with Crippen LogP contribution in [0.5, 0.6) is 0 Å².